The highest BCUT2D eigenvalue weighted by Crippen LogP contribution is 2.20. The molecule has 1 heterocycles. The lowest BCUT2D eigenvalue weighted by Crippen LogP contribution is -2.13. The van der Waals surface area contributed by atoms with Gasteiger partial charge in [0.15, 0.2) is 5.78 Å². The van der Waals surface area contributed by atoms with Gasteiger partial charge in [-0.25, -0.2) is 0 Å². The molecule has 1 unspecified atom stereocenters. The van der Waals surface area contributed by atoms with E-state index >= 15 is 0 Å². The average molecular weight is 248 g/mol. The zero-order valence-electron chi connectivity index (χ0n) is 11.0. The monoisotopic (exact) mass is 248 g/mol. The van der Waals surface area contributed by atoms with Gasteiger partial charge in [0.2, 0.25) is 0 Å². The molecule has 1 aliphatic heterocycles. The van der Waals surface area contributed by atoms with Gasteiger partial charge < -0.3 is 9.47 Å². The predicted molar refractivity (Wildman–Crippen MR) is 70.1 cm³/mol. The third kappa shape index (κ3) is 3.57. The first-order valence-corrected chi connectivity index (χ1v) is 6.56. The number of ketones is 1. The lowest BCUT2D eigenvalue weighted by atomic mass is 10.0. The number of ether oxygens (including phenoxy) is 2. The van der Waals surface area contributed by atoms with Gasteiger partial charge in [0.1, 0.15) is 5.75 Å². The van der Waals surface area contributed by atoms with Crippen molar-refractivity contribution < 1.29 is 14.3 Å². The largest absolute Gasteiger partial charge is 0.491 e. The predicted octanol–water partition coefficient (Wildman–Crippen LogP) is 3.23. The highest BCUT2D eigenvalue weighted by Gasteiger charge is 2.20. The minimum absolute atomic E-state index is 0.104. The van der Waals surface area contributed by atoms with Gasteiger partial charge in [-0.1, -0.05) is 12.1 Å². The van der Waals surface area contributed by atoms with E-state index in [1.165, 1.54) is 0 Å². The lowest BCUT2D eigenvalue weighted by Gasteiger charge is -2.11. The molecule has 0 spiro atoms. The number of rotatable bonds is 5. The molecule has 0 aromatic heterocycles. The van der Waals surface area contributed by atoms with Gasteiger partial charge in [-0.05, 0) is 38.8 Å². The molecule has 1 saturated heterocycles. The zero-order valence-corrected chi connectivity index (χ0v) is 11.0. The van der Waals surface area contributed by atoms with Crippen molar-refractivity contribution in [2.75, 3.05) is 6.61 Å². The second-order valence-corrected chi connectivity index (χ2v) is 4.96. The fraction of sp³-hybridized carbons (Fsp3) is 0.533. The third-order valence-electron chi connectivity index (χ3n) is 2.96. The van der Waals surface area contributed by atoms with Crippen molar-refractivity contribution in [1.82, 2.24) is 0 Å². The van der Waals surface area contributed by atoms with Gasteiger partial charge in [0.25, 0.3) is 0 Å². The molecule has 0 bridgehead atoms. The second-order valence-electron chi connectivity index (χ2n) is 4.96. The summed E-state index contributed by atoms with van der Waals surface area (Å²) in [5.41, 5.74) is 0.712. The van der Waals surface area contributed by atoms with E-state index in [1.54, 1.807) is 0 Å². The van der Waals surface area contributed by atoms with Crippen molar-refractivity contribution in [2.45, 2.75) is 45.3 Å². The molecule has 1 aromatic rings. The van der Waals surface area contributed by atoms with Crippen LogP contribution in [0.25, 0.3) is 0 Å². The maximum Gasteiger partial charge on any atom is 0.165 e. The fourth-order valence-corrected chi connectivity index (χ4v) is 2.14. The van der Waals surface area contributed by atoms with Gasteiger partial charge in [0.05, 0.1) is 12.2 Å². The summed E-state index contributed by atoms with van der Waals surface area (Å²) in [5.74, 6) is 0.888. The smallest absolute Gasteiger partial charge is 0.165 e. The van der Waals surface area contributed by atoms with E-state index in [-0.39, 0.29) is 18.0 Å². The molecule has 1 aliphatic rings. The molecule has 18 heavy (non-hydrogen) atoms. The summed E-state index contributed by atoms with van der Waals surface area (Å²) in [6, 6.07) is 7.39. The Morgan fingerprint density at radius 2 is 2.33 bits per heavy atom. The molecule has 3 heteroatoms. The van der Waals surface area contributed by atoms with Crippen LogP contribution in [0.2, 0.25) is 0 Å². The number of benzene rings is 1. The van der Waals surface area contributed by atoms with E-state index in [4.69, 9.17) is 9.47 Å². The van der Waals surface area contributed by atoms with Crippen molar-refractivity contribution >= 4 is 5.78 Å². The van der Waals surface area contributed by atoms with Crippen LogP contribution in [0, 0.1) is 0 Å². The van der Waals surface area contributed by atoms with Crippen molar-refractivity contribution in [2.24, 2.45) is 0 Å². The normalized spacial score (nSPS) is 19.2. The van der Waals surface area contributed by atoms with E-state index in [0.29, 0.717) is 12.0 Å². The van der Waals surface area contributed by atoms with E-state index < -0.39 is 0 Å². The Hall–Kier alpha value is -1.35. The summed E-state index contributed by atoms with van der Waals surface area (Å²) < 4.78 is 11.1. The lowest BCUT2D eigenvalue weighted by molar-refractivity contribution is 0.0775. The standard InChI is InChI=1S/C15H20O3/c1-11(2)18-14-6-3-5-12(9-14)15(16)10-13-7-4-8-17-13/h3,5-6,9,11,13H,4,7-8,10H2,1-2H3. The number of hydrogen-bond acceptors (Lipinski definition) is 3. The molecule has 2 rings (SSSR count). The van der Waals surface area contributed by atoms with Crippen LogP contribution in [0.1, 0.15) is 43.5 Å². The van der Waals surface area contributed by atoms with Crippen molar-refractivity contribution in [3.8, 4) is 5.75 Å². The van der Waals surface area contributed by atoms with Crippen LogP contribution >= 0.6 is 0 Å². The van der Waals surface area contributed by atoms with Crippen molar-refractivity contribution in [3.63, 3.8) is 0 Å². The van der Waals surface area contributed by atoms with E-state index in [2.05, 4.69) is 0 Å². The second kappa shape index (κ2) is 6.01. The Kier molecular flexibility index (Phi) is 4.37. The third-order valence-corrected chi connectivity index (χ3v) is 2.96. The van der Waals surface area contributed by atoms with Gasteiger partial charge >= 0.3 is 0 Å². The molecule has 1 aromatic carbocycles. The summed E-state index contributed by atoms with van der Waals surface area (Å²) in [5, 5.41) is 0. The fourth-order valence-electron chi connectivity index (χ4n) is 2.14. The molecule has 1 fully saturated rings. The number of Topliss-reactive ketones (excluding diaryl/α,β-unsaturated/α-hetero) is 1. The minimum Gasteiger partial charge on any atom is -0.491 e. The molecular weight excluding hydrogens is 228 g/mol. The molecule has 0 N–H and O–H groups in total. The van der Waals surface area contributed by atoms with Crippen LogP contribution in [0.4, 0.5) is 0 Å². The molecule has 0 aliphatic carbocycles. The SMILES string of the molecule is CC(C)Oc1cccc(C(=O)CC2CCCO2)c1. The van der Waals surface area contributed by atoms with Crippen LogP contribution < -0.4 is 4.74 Å². The minimum atomic E-state index is 0.104. The maximum atomic E-state index is 12.1. The Morgan fingerprint density at radius 3 is 3.00 bits per heavy atom. The molecule has 1 atom stereocenters. The molecule has 0 amide bonds. The first-order chi connectivity index (χ1) is 8.65. The van der Waals surface area contributed by atoms with Gasteiger partial charge in [0, 0.05) is 18.6 Å². The summed E-state index contributed by atoms with van der Waals surface area (Å²) >= 11 is 0. The molecule has 98 valence electrons. The molecule has 3 nitrogen and oxygen atoms in total. The number of carbonyl (C=O) groups is 1. The first kappa shape index (κ1) is 13.1. The number of hydrogen-bond donors (Lipinski definition) is 0. The van der Waals surface area contributed by atoms with Gasteiger partial charge in [-0.3, -0.25) is 4.79 Å². The number of carbonyl (C=O) groups excluding carboxylic acids is 1. The Labute approximate surface area is 108 Å². The molecule has 0 radical (unpaired) electrons. The van der Waals surface area contributed by atoms with E-state index in [0.717, 1.165) is 25.2 Å². The van der Waals surface area contributed by atoms with E-state index in [1.807, 2.05) is 38.1 Å². The highest BCUT2D eigenvalue weighted by molar-refractivity contribution is 5.96. The van der Waals surface area contributed by atoms with Crippen LogP contribution in [-0.2, 0) is 4.74 Å². The quantitative estimate of drug-likeness (QED) is 0.750. The Morgan fingerprint density at radius 1 is 1.50 bits per heavy atom. The van der Waals surface area contributed by atoms with Crippen LogP contribution in [-0.4, -0.2) is 24.6 Å². The van der Waals surface area contributed by atoms with Crippen LogP contribution in [0.15, 0.2) is 24.3 Å². The Bertz CT molecular complexity index is 406. The van der Waals surface area contributed by atoms with Crippen LogP contribution in [0.5, 0.6) is 5.75 Å². The molecule has 0 saturated carbocycles. The topological polar surface area (TPSA) is 35.5 Å². The van der Waals surface area contributed by atoms with Crippen molar-refractivity contribution in [3.05, 3.63) is 29.8 Å². The first-order valence-electron chi connectivity index (χ1n) is 6.56. The summed E-state index contributed by atoms with van der Waals surface area (Å²) in [6.45, 7) is 4.73. The van der Waals surface area contributed by atoms with Crippen molar-refractivity contribution in [1.29, 1.82) is 0 Å². The summed E-state index contributed by atoms with van der Waals surface area (Å²) in [4.78, 5) is 12.1. The Balaban J connectivity index is 2.00. The highest BCUT2D eigenvalue weighted by atomic mass is 16.5. The average Bonchev–Trinajstić information content (AvgIpc) is 2.81. The molecular formula is C15H20O3. The van der Waals surface area contributed by atoms with Gasteiger partial charge in [-0.15, -0.1) is 0 Å². The summed E-state index contributed by atoms with van der Waals surface area (Å²) in [6.07, 6.45) is 2.76. The van der Waals surface area contributed by atoms with E-state index in [9.17, 15) is 4.79 Å². The zero-order chi connectivity index (χ0) is 13.0. The maximum absolute atomic E-state index is 12.1. The van der Waals surface area contributed by atoms with Crippen LogP contribution in [0.3, 0.4) is 0 Å². The summed E-state index contributed by atoms with van der Waals surface area (Å²) in [7, 11) is 0. The van der Waals surface area contributed by atoms with Gasteiger partial charge in [-0.2, -0.15) is 0 Å².